The summed E-state index contributed by atoms with van der Waals surface area (Å²) in [5, 5.41) is 20.0. The first-order valence-corrected chi connectivity index (χ1v) is 5.16. The van der Waals surface area contributed by atoms with E-state index in [1.165, 1.54) is 0 Å². The molecule has 0 aliphatic heterocycles. The maximum atomic E-state index is 12.5. The molecule has 1 aromatic rings. The molecule has 1 atom stereocenters. The molecule has 1 aromatic heterocycles. The van der Waals surface area contributed by atoms with Gasteiger partial charge in [0.2, 0.25) is 0 Å². The third kappa shape index (κ3) is 4.07. The summed E-state index contributed by atoms with van der Waals surface area (Å²) in [6.45, 7) is -0.858. The lowest BCUT2D eigenvalue weighted by atomic mass is 10.2. The second kappa shape index (κ2) is 5.85. The lowest BCUT2D eigenvalue weighted by molar-refractivity contribution is -0.141. The van der Waals surface area contributed by atoms with Crippen LogP contribution in [0.2, 0.25) is 0 Å². The normalized spacial score (nSPS) is 13.1. The van der Waals surface area contributed by atoms with Gasteiger partial charge in [-0.25, -0.2) is 4.98 Å². The highest BCUT2D eigenvalue weighted by Gasteiger charge is 2.33. The molecule has 0 saturated heterocycles. The first kappa shape index (κ1) is 15.2. The number of primary amides is 1. The number of halogens is 3. The van der Waals surface area contributed by atoms with Crippen molar-refractivity contribution in [3.8, 4) is 0 Å². The van der Waals surface area contributed by atoms with Gasteiger partial charge in [-0.05, 0) is 12.1 Å². The topological polar surface area (TPSA) is 108 Å². The molecule has 19 heavy (non-hydrogen) atoms. The highest BCUT2D eigenvalue weighted by atomic mass is 19.4. The third-order valence-corrected chi connectivity index (χ3v) is 2.17. The smallest absolute Gasteiger partial charge is 0.394 e. The van der Waals surface area contributed by atoms with Gasteiger partial charge in [0, 0.05) is 6.54 Å². The number of carbonyl (C=O) groups is 1. The van der Waals surface area contributed by atoms with Gasteiger partial charge < -0.3 is 21.3 Å². The Morgan fingerprint density at radius 2 is 2.11 bits per heavy atom. The molecule has 0 aliphatic rings. The summed E-state index contributed by atoms with van der Waals surface area (Å²) in [6, 6.07) is 1.53. The van der Waals surface area contributed by atoms with Crippen molar-refractivity contribution in [2.45, 2.75) is 12.3 Å². The van der Waals surface area contributed by atoms with Gasteiger partial charge >= 0.3 is 6.18 Å². The van der Waals surface area contributed by atoms with E-state index in [4.69, 9.17) is 15.9 Å². The fraction of sp³-hybridized carbons (Fsp3) is 0.400. The van der Waals surface area contributed by atoms with Gasteiger partial charge in [0.05, 0.1) is 18.3 Å². The van der Waals surface area contributed by atoms with Crippen molar-refractivity contribution in [3.05, 3.63) is 23.4 Å². The lowest BCUT2D eigenvalue weighted by Gasteiger charge is -2.14. The Balaban J connectivity index is 3.06. The molecule has 0 bridgehead atoms. The number of carbonyl (C=O) groups excluding carboxylic acids is 1. The number of amides is 1. The van der Waals surface area contributed by atoms with Crippen molar-refractivity contribution in [3.63, 3.8) is 0 Å². The van der Waals surface area contributed by atoms with E-state index in [0.717, 1.165) is 6.07 Å². The molecule has 0 saturated carbocycles. The minimum absolute atomic E-state index is 0.238. The van der Waals surface area contributed by atoms with Crippen LogP contribution in [0.1, 0.15) is 16.1 Å². The van der Waals surface area contributed by atoms with Crippen molar-refractivity contribution in [2.24, 2.45) is 5.73 Å². The van der Waals surface area contributed by atoms with Crippen LogP contribution in [0.25, 0.3) is 0 Å². The largest absolute Gasteiger partial charge is 0.433 e. The zero-order valence-corrected chi connectivity index (χ0v) is 9.61. The number of hydrogen-bond donors (Lipinski definition) is 4. The molecule has 6 nitrogen and oxygen atoms in total. The van der Waals surface area contributed by atoms with Crippen LogP contribution < -0.4 is 11.1 Å². The molecule has 1 amide bonds. The van der Waals surface area contributed by atoms with Crippen LogP contribution in [0, 0.1) is 0 Å². The molecule has 0 radical (unpaired) electrons. The summed E-state index contributed by atoms with van der Waals surface area (Å²) in [6.07, 6.45) is -5.86. The number of rotatable bonds is 5. The molecule has 0 aliphatic carbocycles. The summed E-state index contributed by atoms with van der Waals surface area (Å²) in [5.41, 5.74) is 3.57. The summed E-state index contributed by atoms with van der Waals surface area (Å²) in [7, 11) is 0. The molecule has 1 unspecified atom stereocenters. The van der Waals surface area contributed by atoms with Gasteiger partial charge in [0.1, 0.15) is 11.5 Å². The van der Waals surface area contributed by atoms with Gasteiger partial charge in [-0.15, -0.1) is 0 Å². The fourth-order valence-electron chi connectivity index (χ4n) is 1.23. The Morgan fingerprint density at radius 3 is 2.58 bits per heavy atom. The van der Waals surface area contributed by atoms with Crippen molar-refractivity contribution < 1.29 is 28.2 Å². The van der Waals surface area contributed by atoms with E-state index < -0.39 is 36.3 Å². The first-order chi connectivity index (χ1) is 8.75. The molecule has 0 fully saturated rings. The van der Waals surface area contributed by atoms with Gasteiger partial charge in [0.15, 0.2) is 0 Å². The Morgan fingerprint density at radius 1 is 1.47 bits per heavy atom. The number of pyridine rings is 1. The minimum Gasteiger partial charge on any atom is -0.394 e. The number of aromatic nitrogens is 1. The maximum Gasteiger partial charge on any atom is 0.433 e. The number of aliphatic hydroxyl groups excluding tert-OH is 2. The van der Waals surface area contributed by atoms with Gasteiger partial charge in [-0.3, -0.25) is 4.79 Å². The summed E-state index contributed by atoms with van der Waals surface area (Å²) >= 11 is 0. The van der Waals surface area contributed by atoms with Crippen molar-refractivity contribution in [1.82, 2.24) is 4.98 Å². The van der Waals surface area contributed by atoms with E-state index in [2.05, 4.69) is 10.3 Å². The van der Waals surface area contributed by atoms with Crippen molar-refractivity contribution in [2.75, 3.05) is 18.5 Å². The Bertz CT molecular complexity index is 465. The van der Waals surface area contributed by atoms with E-state index in [1.807, 2.05) is 0 Å². The maximum absolute atomic E-state index is 12.5. The molecule has 0 spiro atoms. The second-order valence-corrected chi connectivity index (χ2v) is 3.67. The standard InChI is InChI=1S/C10H12F3N3O3/c11-10(12,13)7-2-1-6(8(14)19)9(16-7)15-3-5(18)4-17/h1-2,5,17-18H,3-4H2,(H2,14,19)(H,15,16). The average molecular weight is 279 g/mol. The monoisotopic (exact) mass is 279 g/mol. The summed E-state index contributed by atoms with van der Waals surface area (Å²) in [4.78, 5) is 14.3. The Kier molecular flexibility index (Phi) is 4.67. The van der Waals surface area contributed by atoms with E-state index in [9.17, 15) is 18.0 Å². The predicted molar refractivity (Wildman–Crippen MR) is 59.3 cm³/mol. The molecule has 106 valence electrons. The first-order valence-electron chi connectivity index (χ1n) is 5.16. The number of nitrogens with zero attached hydrogens (tertiary/aromatic N) is 1. The lowest BCUT2D eigenvalue weighted by Crippen LogP contribution is -2.26. The van der Waals surface area contributed by atoms with Crippen LogP contribution >= 0.6 is 0 Å². The average Bonchev–Trinajstić information content (AvgIpc) is 2.34. The van der Waals surface area contributed by atoms with Crippen LogP contribution in [0.4, 0.5) is 19.0 Å². The second-order valence-electron chi connectivity index (χ2n) is 3.67. The number of hydrogen-bond acceptors (Lipinski definition) is 5. The van der Waals surface area contributed by atoms with Gasteiger partial charge in [-0.1, -0.05) is 0 Å². The molecule has 9 heteroatoms. The fourth-order valence-corrected chi connectivity index (χ4v) is 1.23. The molecule has 5 N–H and O–H groups in total. The van der Waals surface area contributed by atoms with Gasteiger partial charge in [-0.2, -0.15) is 13.2 Å². The van der Waals surface area contributed by atoms with Crippen LogP contribution in [0.15, 0.2) is 12.1 Å². The van der Waals surface area contributed by atoms with E-state index >= 15 is 0 Å². The van der Waals surface area contributed by atoms with E-state index in [-0.39, 0.29) is 12.1 Å². The predicted octanol–water partition coefficient (Wildman–Crippen LogP) is -0.0356. The number of anilines is 1. The van der Waals surface area contributed by atoms with Gasteiger partial charge in [0.25, 0.3) is 5.91 Å². The number of aliphatic hydroxyl groups is 2. The Hall–Kier alpha value is -1.87. The number of alkyl halides is 3. The van der Waals surface area contributed by atoms with Crippen molar-refractivity contribution >= 4 is 11.7 Å². The molecule has 1 heterocycles. The minimum atomic E-state index is -4.66. The molecule has 0 aromatic carbocycles. The molecular weight excluding hydrogens is 267 g/mol. The van der Waals surface area contributed by atoms with Crippen LogP contribution in [-0.2, 0) is 6.18 Å². The summed E-state index contributed by atoms with van der Waals surface area (Å²) in [5.74, 6) is -1.35. The van der Waals surface area contributed by atoms with Crippen molar-refractivity contribution in [1.29, 1.82) is 0 Å². The highest BCUT2D eigenvalue weighted by molar-refractivity contribution is 5.97. The quantitative estimate of drug-likeness (QED) is 0.605. The van der Waals surface area contributed by atoms with Crippen LogP contribution in [0.5, 0.6) is 0 Å². The molecule has 1 rings (SSSR count). The summed E-state index contributed by atoms with van der Waals surface area (Å²) < 4.78 is 37.4. The third-order valence-electron chi connectivity index (χ3n) is 2.17. The number of nitrogens with two attached hydrogens (primary N) is 1. The van der Waals surface area contributed by atoms with Crippen LogP contribution in [0.3, 0.4) is 0 Å². The number of nitrogens with one attached hydrogen (secondary N) is 1. The van der Waals surface area contributed by atoms with E-state index in [0.29, 0.717) is 6.07 Å². The molecular formula is C10H12F3N3O3. The zero-order chi connectivity index (χ0) is 14.6. The zero-order valence-electron chi connectivity index (χ0n) is 9.61. The SMILES string of the molecule is NC(=O)c1ccc(C(F)(F)F)nc1NCC(O)CO. The van der Waals surface area contributed by atoms with Crippen LogP contribution in [-0.4, -0.2) is 40.4 Å². The Labute approximate surface area is 106 Å². The highest BCUT2D eigenvalue weighted by Crippen LogP contribution is 2.29. The van der Waals surface area contributed by atoms with E-state index in [1.54, 1.807) is 0 Å².